The maximum Gasteiger partial charge on any atom is 0.319 e. The number of rotatable bonds is 6. The highest BCUT2D eigenvalue weighted by Gasteiger charge is 2.20. The van der Waals surface area contributed by atoms with Crippen LogP contribution in [0, 0.1) is 0 Å². The van der Waals surface area contributed by atoms with Crippen molar-refractivity contribution >= 4 is 40.3 Å². The molecule has 3 amide bonds. The number of likely N-dealkylation sites (tertiary alicyclic amines) is 1. The minimum atomic E-state index is -0.386. The van der Waals surface area contributed by atoms with E-state index < -0.39 is 0 Å². The molecule has 4 rings (SSSR count). The van der Waals surface area contributed by atoms with Gasteiger partial charge in [-0.05, 0) is 49.2 Å². The largest absolute Gasteiger partial charge is 0.495 e. The minimum absolute atomic E-state index is 0.0312. The molecule has 0 unspecified atom stereocenters. The first-order valence-corrected chi connectivity index (χ1v) is 10.4. The van der Waals surface area contributed by atoms with E-state index in [4.69, 9.17) is 16.3 Å². The van der Waals surface area contributed by atoms with E-state index in [-0.39, 0.29) is 11.9 Å². The van der Waals surface area contributed by atoms with Gasteiger partial charge in [0.05, 0.1) is 24.9 Å². The quantitative estimate of drug-likeness (QED) is 0.610. The fourth-order valence-corrected chi connectivity index (χ4v) is 3.76. The number of hydrogen-bond acceptors (Lipinski definition) is 5. The highest BCUT2D eigenvalue weighted by molar-refractivity contribution is 6.31. The van der Waals surface area contributed by atoms with Crippen molar-refractivity contribution in [2.45, 2.75) is 19.4 Å². The zero-order valence-corrected chi connectivity index (χ0v) is 17.9. The number of nitrogens with zero attached hydrogens (tertiary/aromatic N) is 4. The fraction of sp³-hybridized carbons (Fsp3) is 0.333. The molecule has 3 aromatic rings. The topological polar surface area (TPSA) is 101 Å². The van der Waals surface area contributed by atoms with Crippen LogP contribution in [-0.4, -0.2) is 58.6 Å². The Morgan fingerprint density at radius 1 is 1.16 bits per heavy atom. The molecule has 1 fully saturated rings. The summed E-state index contributed by atoms with van der Waals surface area (Å²) in [7, 11) is 1.52. The molecule has 1 aliphatic rings. The summed E-state index contributed by atoms with van der Waals surface area (Å²) in [6.45, 7) is 2.37. The molecule has 0 aliphatic carbocycles. The first-order chi connectivity index (χ1) is 15.0. The average molecular weight is 443 g/mol. The van der Waals surface area contributed by atoms with Crippen LogP contribution in [0.2, 0.25) is 5.02 Å². The van der Waals surface area contributed by atoms with Crippen LogP contribution in [0.1, 0.15) is 23.2 Å². The molecule has 0 bridgehead atoms. The number of nitrogens with one attached hydrogen (secondary N) is 2. The molecular formula is C21H23ClN6O3. The van der Waals surface area contributed by atoms with E-state index in [1.54, 1.807) is 35.0 Å². The van der Waals surface area contributed by atoms with Gasteiger partial charge in [-0.3, -0.25) is 4.79 Å². The van der Waals surface area contributed by atoms with E-state index in [1.807, 2.05) is 11.0 Å². The Labute approximate surface area is 184 Å². The van der Waals surface area contributed by atoms with Crippen molar-refractivity contribution < 1.29 is 14.3 Å². The molecule has 2 N–H and O–H groups in total. The van der Waals surface area contributed by atoms with E-state index in [9.17, 15) is 9.59 Å². The van der Waals surface area contributed by atoms with Gasteiger partial charge in [-0.2, -0.15) is 0 Å². The van der Waals surface area contributed by atoms with Crippen molar-refractivity contribution in [1.82, 2.24) is 25.2 Å². The summed E-state index contributed by atoms with van der Waals surface area (Å²) in [6, 6.07) is 10.0. The molecule has 31 heavy (non-hydrogen) atoms. The Morgan fingerprint density at radius 2 is 1.97 bits per heavy atom. The lowest BCUT2D eigenvalue weighted by molar-refractivity contribution is 0.0793. The molecule has 162 valence electrons. The van der Waals surface area contributed by atoms with Crippen molar-refractivity contribution in [3.63, 3.8) is 0 Å². The lowest BCUT2D eigenvalue weighted by Gasteiger charge is -2.15. The highest BCUT2D eigenvalue weighted by atomic mass is 35.5. The van der Waals surface area contributed by atoms with E-state index in [1.165, 1.54) is 7.11 Å². The molecule has 1 saturated heterocycles. The second kappa shape index (κ2) is 9.22. The van der Waals surface area contributed by atoms with Crippen LogP contribution >= 0.6 is 11.6 Å². The third-order valence-corrected chi connectivity index (χ3v) is 5.41. The number of ether oxygens (including phenoxy) is 1. The van der Waals surface area contributed by atoms with Gasteiger partial charge in [-0.15, -0.1) is 5.10 Å². The minimum Gasteiger partial charge on any atom is -0.495 e. The number of carbonyl (C=O) groups is 2. The summed E-state index contributed by atoms with van der Waals surface area (Å²) < 4.78 is 6.92. The molecule has 0 radical (unpaired) electrons. The van der Waals surface area contributed by atoms with Crippen LogP contribution in [0.5, 0.6) is 5.75 Å². The van der Waals surface area contributed by atoms with Gasteiger partial charge in [0.2, 0.25) is 0 Å². The lowest BCUT2D eigenvalue weighted by Crippen LogP contribution is -2.31. The summed E-state index contributed by atoms with van der Waals surface area (Å²) in [5.74, 6) is 0.546. The zero-order chi connectivity index (χ0) is 21.8. The lowest BCUT2D eigenvalue weighted by atomic mass is 10.1. The summed E-state index contributed by atoms with van der Waals surface area (Å²) in [5.41, 5.74) is 2.55. The van der Waals surface area contributed by atoms with Gasteiger partial charge in [-0.1, -0.05) is 16.8 Å². The number of hydrogen-bond donors (Lipinski definition) is 2. The Morgan fingerprint density at radius 3 is 2.74 bits per heavy atom. The van der Waals surface area contributed by atoms with Crippen LogP contribution in [-0.2, 0) is 6.54 Å². The third kappa shape index (κ3) is 4.72. The number of methoxy groups -OCH3 is 1. The second-order valence-corrected chi connectivity index (χ2v) is 7.68. The zero-order valence-electron chi connectivity index (χ0n) is 17.1. The predicted octanol–water partition coefficient (Wildman–Crippen LogP) is 3.15. The van der Waals surface area contributed by atoms with Crippen LogP contribution in [0.4, 0.5) is 10.5 Å². The Bertz CT molecular complexity index is 1110. The van der Waals surface area contributed by atoms with Crippen molar-refractivity contribution in [3.8, 4) is 5.75 Å². The van der Waals surface area contributed by atoms with Crippen LogP contribution in [0.25, 0.3) is 11.0 Å². The van der Waals surface area contributed by atoms with Crippen molar-refractivity contribution in [1.29, 1.82) is 0 Å². The van der Waals surface area contributed by atoms with Gasteiger partial charge in [0.25, 0.3) is 5.91 Å². The first kappa shape index (κ1) is 20.9. The number of aromatic nitrogens is 3. The van der Waals surface area contributed by atoms with Crippen LogP contribution in [0.3, 0.4) is 0 Å². The highest BCUT2D eigenvalue weighted by Crippen LogP contribution is 2.27. The van der Waals surface area contributed by atoms with Crippen molar-refractivity contribution in [2.75, 3.05) is 32.1 Å². The number of urea groups is 1. The van der Waals surface area contributed by atoms with Gasteiger partial charge in [0.15, 0.2) is 0 Å². The molecule has 0 saturated carbocycles. The molecular weight excluding hydrogens is 420 g/mol. The molecule has 10 heteroatoms. The molecule has 0 spiro atoms. The Kier molecular flexibility index (Phi) is 6.22. The summed E-state index contributed by atoms with van der Waals surface area (Å²) in [5, 5.41) is 14.3. The number of fused-ring (bicyclic) bond motifs is 1. The smallest absolute Gasteiger partial charge is 0.319 e. The number of halogens is 1. The SMILES string of the molecule is COc1ccc(Cl)cc1NC(=O)NCCn1nnc2cc(C(=O)N3CCCC3)ccc21. The van der Waals surface area contributed by atoms with Crippen LogP contribution in [0.15, 0.2) is 36.4 Å². The Hall–Kier alpha value is -3.33. The molecule has 1 aliphatic heterocycles. The summed E-state index contributed by atoms with van der Waals surface area (Å²) in [4.78, 5) is 26.6. The average Bonchev–Trinajstić information content (AvgIpc) is 3.43. The van der Waals surface area contributed by atoms with Gasteiger partial charge >= 0.3 is 6.03 Å². The first-order valence-electron chi connectivity index (χ1n) is 10.1. The molecule has 9 nitrogen and oxygen atoms in total. The second-order valence-electron chi connectivity index (χ2n) is 7.24. The van der Waals surface area contributed by atoms with Gasteiger partial charge < -0.3 is 20.3 Å². The van der Waals surface area contributed by atoms with Crippen LogP contribution < -0.4 is 15.4 Å². The van der Waals surface area contributed by atoms with Gasteiger partial charge in [0.1, 0.15) is 11.3 Å². The van der Waals surface area contributed by atoms with Crippen molar-refractivity contribution in [3.05, 3.63) is 47.0 Å². The maximum atomic E-state index is 12.6. The maximum absolute atomic E-state index is 12.6. The predicted molar refractivity (Wildman–Crippen MR) is 118 cm³/mol. The molecule has 2 heterocycles. The third-order valence-electron chi connectivity index (χ3n) is 5.17. The summed E-state index contributed by atoms with van der Waals surface area (Å²) >= 11 is 5.98. The standard InChI is InChI=1S/C21H23ClN6O3/c1-31-19-7-5-15(22)13-17(19)24-21(30)23-8-11-28-18-6-4-14(12-16(18)25-26-28)20(29)27-9-2-3-10-27/h4-7,12-13H,2-3,8-11H2,1H3,(H2,23,24,30). The number of anilines is 1. The molecule has 1 aromatic heterocycles. The number of benzene rings is 2. The van der Waals surface area contributed by atoms with Gasteiger partial charge in [0, 0.05) is 30.2 Å². The fourth-order valence-electron chi connectivity index (χ4n) is 3.59. The van der Waals surface area contributed by atoms with Crippen molar-refractivity contribution in [2.24, 2.45) is 0 Å². The monoisotopic (exact) mass is 442 g/mol. The Balaban J connectivity index is 1.35. The van der Waals surface area contributed by atoms with Gasteiger partial charge in [-0.25, -0.2) is 9.48 Å². The number of amides is 3. The van der Waals surface area contributed by atoms with E-state index in [0.29, 0.717) is 40.6 Å². The molecule has 2 aromatic carbocycles. The van der Waals surface area contributed by atoms with E-state index in [2.05, 4.69) is 20.9 Å². The summed E-state index contributed by atoms with van der Waals surface area (Å²) in [6.07, 6.45) is 2.10. The number of carbonyl (C=O) groups excluding carboxylic acids is 2. The normalized spacial score (nSPS) is 13.4. The molecule has 0 atom stereocenters. The van der Waals surface area contributed by atoms with E-state index in [0.717, 1.165) is 31.4 Å². The van der Waals surface area contributed by atoms with E-state index >= 15 is 0 Å².